The average Bonchev–Trinajstić information content (AvgIpc) is 2.73. The van der Waals surface area contributed by atoms with Crippen LogP contribution >= 0.6 is 0 Å². The van der Waals surface area contributed by atoms with Crippen LogP contribution in [0.25, 0.3) is 0 Å². The third-order valence-corrected chi connectivity index (χ3v) is 4.87. The van der Waals surface area contributed by atoms with Crippen LogP contribution in [0.3, 0.4) is 0 Å². The Morgan fingerprint density at radius 2 is 1.93 bits per heavy atom. The molecule has 8 nitrogen and oxygen atoms in total. The van der Waals surface area contributed by atoms with Crippen LogP contribution in [-0.2, 0) is 4.79 Å². The van der Waals surface area contributed by atoms with E-state index in [-0.39, 0.29) is 12.5 Å². The molecule has 8 heteroatoms. The number of fused-ring (bicyclic) bond motifs is 1. The van der Waals surface area contributed by atoms with E-state index in [1.165, 1.54) is 0 Å². The number of piperazine rings is 1. The lowest BCUT2D eigenvalue weighted by Crippen LogP contribution is -2.54. The Bertz CT molecular complexity index is 851. The molecule has 2 aromatic rings. The summed E-state index contributed by atoms with van der Waals surface area (Å²) < 4.78 is 11.5. The van der Waals surface area contributed by atoms with Crippen molar-refractivity contribution in [3.8, 4) is 11.5 Å². The molecule has 1 N–H and O–H groups in total. The van der Waals surface area contributed by atoms with Crippen molar-refractivity contribution in [1.29, 1.82) is 0 Å². The van der Waals surface area contributed by atoms with Gasteiger partial charge in [-0.15, -0.1) is 0 Å². The summed E-state index contributed by atoms with van der Waals surface area (Å²) in [6.45, 7) is 7.69. The summed E-state index contributed by atoms with van der Waals surface area (Å²) in [5.74, 6) is 2.82. The number of amides is 1. The van der Waals surface area contributed by atoms with Gasteiger partial charge in [0.25, 0.3) is 5.91 Å². The highest BCUT2D eigenvalue weighted by molar-refractivity contribution is 5.82. The van der Waals surface area contributed by atoms with E-state index in [9.17, 15) is 4.79 Å². The maximum atomic E-state index is 12.9. The van der Waals surface area contributed by atoms with Crippen LogP contribution < -0.4 is 19.7 Å². The van der Waals surface area contributed by atoms with Gasteiger partial charge in [-0.3, -0.25) is 4.79 Å². The lowest BCUT2D eigenvalue weighted by atomic mass is 10.2. The fourth-order valence-electron chi connectivity index (χ4n) is 3.45. The minimum atomic E-state index is -0.594. The Hall–Kier alpha value is -3.03. The Balaban J connectivity index is 1.37. The molecule has 2 aliphatic rings. The highest BCUT2D eigenvalue weighted by atomic mass is 16.6. The standard InChI is InChI=1S/C20H25N5O3/c1-3-21-20-22-14(2)12-18(23-20)24-8-10-25(11-9-24)19(26)17-13-27-15-6-4-5-7-16(15)28-17/h4-7,12,17H,3,8-11,13H2,1-2H3,(H,21,22,23). The van der Waals surface area contributed by atoms with Crippen LogP contribution in [0.1, 0.15) is 12.6 Å². The fourth-order valence-corrected chi connectivity index (χ4v) is 3.45. The molecule has 0 spiro atoms. The summed E-state index contributed by atoms with van der Waals surface area (Å²) in [6, 6.07) is 9.42. The number of para-hydroxylation sites is 2. The number of ether oxygens (including phenoxy) is 2. The molecule has 28 heavy (non-hydrogen) atoms. The number of hydrogen-bond donors (Lipinski definition) is 1. The number of carbonyl (C=O) groups excluding carboxylic acids is 1. The quantitative estimate of drug-likeness (QED) is 0.861. The Labute approximate surface area is 164 Å². The number of hydrogen-bond acceptors (Lipinski definition) is 7. The highest BCUT2D eigenvalue weighted by Crippen LogP contribution is 2.31. The Morgan fingerprint density at radius 3 is 2.68 bits per heavy atom. The molecule has 2 aliphatic heterocycles. The van der Waals surface area contributed by atoms with Crippen molar-refractivity contribution in [2.75, 3.05) is 49.5 Å². The Morgan fingerprint density at radius 1 is 1.18 bits per heavy atom. The number of aryl methyl sites for hydroxylation is 1. The molecule has 1 fully saturated rings. The third kappa shape index (κ3) is 3.81. The number of aromatic nitrogens is 2. The van der Waals surface area contributed by atoms with E-state index >= 15 is 0 Å². The summed E-state index contributed by atoms with van der Waals surface area (Å²) in [5.41, 5.74) is 0.922. The molecule has 1 unspecified atom stereocenters. The predicted molar refractivity (Wildman–Crippen MR) is 106 cm³/mol. The van der Waals surface area contributed by atoms with Gasteiger partial charge in [-0.2, -0.15) is 4.98 Å². The summed E-state index contributed by atoms with van der Waals surface area (Å²) in [7, 11) is 0. The smallest absolute Gasteiger partial charge is 0.267 e. The van der Waals surface area contributed by atoms with Crippen LogP contribution in [0.15, 0.2) is 30.3 Å². The zero-order chi connectivity index (χ0) is 19.5. The molecule has 3 heterocycles. The zero-order valence-corrected chi connectivity index (χ0v) is 16.2. The molecule has 1 amide bonds. The van der Waals surface area contributed by atoms with Crippen molar-refractivity contribution < 1.29 is 14.3 Å². The first kappa shape index (κ1) is 18.3. The molecule has 0 aliphatic carbocycles. The molecule has 1 aromatic carbocycles. The van der Waals surface area contributed by atoms with Crippen LogP contribution in [0.5, 0.6) is 11.5 Å². The van der Waals surface area contributed by atoms with Gasteiger partial charge in [0.2, 0.25) is 12.1 Å². The van der Waals surface area contributed by atoms with E-state index in [2.05, 4.69) is 20.2 Å². The van der Waals surface area contributed by atoms with Crippen molar-refractivity contribution in [3.05, 3.63) is 36.0 Å². The Kier molecular flexibility index (Phi) is 5.18. The first-order valence-electron chi connectivity index (χ1n) is 9.66. The van der Waals surface area contributed by atoms with Crippen molar-refractivity contribution >= 4 is 17.7 Å². The lowest BCUT2D eigenvalue weighted by Gasteiger charge is -2.37. The summed E-state index contributed by atoms with van der Waals surface area (Å²) >= 11 is 0. The molecule has 1 saturated heterocycles. The van der Waals surface area contributed by atoms with Gasteiger partial charge in [0, 0.05) is 44.5 Å². The normalized spacial score (nSPS) is 18.7. The second-order valence-corrected chi connectivity index (χ2v) is 6.90. The van der Waals surface area contributed by atoms with Crippen LogP contribution in [0.2, 0.25) is 0 Å². The van der Waals surface area contributed by atoms with E-state index < -0.39 is 6.10 Å². The third-order valence-electron chi connectivity index (χ3n) is 4.87. The van der Waals surface area contributed by atoms with E-state index in [0.717, 1.165) is 31.1 Å². The second-order valence-electron chi connectivity index (χ2n) is 6.90. The van der Waals surface area contributed by atoms with Gasteiger partial charge in [0.05, 0.1) is 0 Å². The van der Waals surface area contributed by atoms with E-state index in [0.29, 0.717) is 30.5 Å². The molecule has 1 atom stereocenters. The lowest BCUT2D eigenvalue weighted by molar-refractivity contribution is -0.141. The number of carbonyl (C=O) groups is 1. The SMILES string of the molecule is CCNc1nc(C)cc(N2CCN(C(=O)C3COc4ccccc4O3)CC2)n1. The number of benzene rings is 1. The summed E-state index contributed by atoms with van der Waals surface area (Å²) in [6.07, 6.45) is -0.594. The molecule has 0 bridgehead atoms. The van der Waals surface area contributed by atoms with Gasteiger partial charge >= 0.3 is 0 Å². The topological polar surface area (TPSA) is 79.8 Å². The van der Waals surface area contributed by atoms with Crippen LogP contribution in [0, 0.1) is 6.92 Å². The largest absolute Gasteiger partial charge is 0.485 e. The minimum Gasteiger partial charge on any atom is -0.485 e. The van der Waals surface area contributed by atoms with E-state index in [1.807, 2.05) is 49.1 Å². The number of nitrogens with one attached hydrogen (secondary N) is 1. The van der Waals surface area contributed by atoms with E-state index in [4.69, 9.17) is 9.47 Å². The zero-order valence-electron chi connectivity index (χ0n) is 16.2. The van der Waals surface area contributed by atoms with Crippen LogP contribution in [-0.4, -0.2) is 66.2 Å². The van der Waals surface area contributed by atoms with Gasteiger partial charge in [-0.1, -0.05) is 12.1 Å². The molecule has 0 saturated carbocycles. The predicted octanol–water partition coefficient (Wildman–Crippen LogP) is 1.71. The minimum absolute atomic E-state index is 0.0265. The summed E-state index contributed by atoms with van der Waals surface area (Å²) in [5, 5.41) is 3.16. The van der Waals surface area contributed by atoms with E-state index in [1.54, 1.807) is 0 Å². The molecule has 0 radical (unpaired) electrons. The number of nitrogens with zero attached hydrogens (tertiary/aromatic N) is 4. The molecule has 4 rings (SSSR count). The molecule has 148 valence electrons. The van der Waals surface area contributed by atoms with Crippen molar-refractivity contribution in [3.63, 3.8) is 0 Å². The molecular weight excluding hydrogens is 358 g/mol. The first-order chi connectivity index (χ1) is 13.6. The van der Waals surface area contributed by atoms with Crippen molar-refractivity contribution in [1.82, 2.24) is 14.9 Å². The van der Waals surface area contributed by atoms with Gasteiger partial charge in [-0.05, 0) is 26.0 Å². The summed E-state index contributed by atoms with van der Waals surface area (Å²) in [4.78, 5) is 25.9. The van der Waals surface area contributed by atoms with Gasteiger partial charge in [-0.25, -0.2) is 4.98 Å². The first-order valence-corrected chi connectivity index (χ1v) is 9.66. The maximum Gasteiger partial charge on any atom is 0.267 e. The van der Waals surface area contributed by atoms with Crippen molar-refractivity contribution in [2.24, 2.45) is 0 Å². The highest BCUT2D eigenvalue weighted by Gasteiger charge is 2.32. The second kappa shape index (κ2) is 7.92. The average molecular weight is 383 g/mol. The fraction of sp³-hybridized carbons (Fsp3) is 0.450. The van der Waals surface area contributed by atoms with Gasteiger partial charge in [0.1, 0.15) is 12.4 Å². The molecular formula is C20H25N5O3. The van der Waals surface area contributed by atoms with Crippen molar-refractivity contribution in [2.45, 2.75) is 20.0 Å². The molecule has 1 aromatic heterocycles. The maximum absolute atomic E-state index is 12.9. The van der Waals surface area contributed by atoms with Gasteiger partial charge in [0.15, 0.2) is 11.5 Å². The number of anilines is 2. The monoisotopic (exact) mass is 383 g/mol. The van der Waals surface area contributed by atoms with Gasteiger partial charge < -0.3 is 24.6 Å². The van der Waals surface area contributed by atoms with Crippen LogP contribution in [0.4, 0.5) is 11.8 Å². The number of rotatable bonds is 4.